The van der Waals surface area contributed by atoms with Crippen LogP contribution in [0.5, 0.6) is 5.75 Å². The third kappa shape index (κ3) is 3.78. The van der Waals surface area contributed by atoms with E-state index in [1.165, 1.54) is 6.39 Å². The second-order valence-electron chi connectivity index (χ2n) is 7.27. The summed E-state index contributed by atoms with van der Waals surface area (Å²) in [6, 6.07) is 8.14. The summed E-state index contributed by atoms with van der Waals surface area (Å²) in [6.45, 7) is 3.94. The van der Waals surface area contributed by atoms with Gasteiger partial charge in [0.1, 0.15) is 17.6 Å². The van der Waals surface area contributed by atoms with Gasteiger partial charge < -0.3 is 19.4 Å². The molecule has 31 heavy (non-hydrogen) atoms. The molecule has 10 nitrogen and oxygen atoms in total. The van der Waals surface area contributed by atoms with Crippen molar-refractivity contribution < 1.29 is 13.8 Å². The Morgan fingerprint density at radius 2 is 2.16 bits per heavy atom. The molecule has 0 amide bonds. The van der Waals surface area contributed by atoms with Gasteiger partial charge in [-0.15, -0.1) is 0 Å². The molecular formula is C21H21N8O2+. The van der Waals surface area contributed by atoms with Crippen LogP contribution >= 0.6 is 0 Å². The Balaban J connectivity index is 1.49. The van der Waals surface area contributed by atoms with E-state index in [4.69, 9.17) is 9.15 Å². The van der Waals surface area contributed by atoms with Gasteiger partial charge in [0, 0.05) is 48.6 Å². The number of piperazine rings is 1. The Labute approximate surface area is 178 Å². The largest absolute Gasteiger partial charge is 0.482 e. The van der Waals surface area contributed by atoms with Gasteiger partial charge in [-0.05, 0) is 18.2 Å². The SMILES string of the molecule is C[n+]1coc(COc2cc(-c3ccc(N4CCNCC4)nc3)c3c(C#N)cnn3c2)n1. The van der Waals surface area contributed by atoms with E-state index in [9.17, 15) is 5.26 Å². The Morgan fingerprint density at radius 1 is 1.29 bits per heavy atom. The molecule has 5 rings (SSSR count). The van der Waals surface area contributed by atoms with Crippen LogP contribution in [0.15, 0.2) is 47.6 Å². The minimum atomic E-state index is 0.179. The Morgan fingerprint density at radius 3 is 2.87 bits per heavy atom. The molecule has 1 fully saturated rings. The maximum Gasteiger partial charge on any atom is 0.361 e. The van der Waals surface area contributed by atoms with Crippen LogP contribution in [-0.2, 0) is 13.7 Å². The zero-order valence-corrected chi connectivity index (χ0v) is 17.0. The number of hydrogen-bond acceptors (Lipinski definition) is 8. The molecule has 4 aromatic heterocycles. The summed E-state index contributed by atoms with van der Waals surface area (Å²) in [5, 5.41) is 21.4. The molecule has 1 aliphatic heterocycles. The molecule has 0 radical (unpaired) electrons. The lowest BCUT2D eigenvalue weighted by Gasteiger charge is -2.28. The van der Waals surface area contributed by atoms with Crippen LogP contribution in [-0.4, -0.2) is 45.9 Å². The zero-order valence-electron chi connectivity index (χ0n) is 17.0. The number of nitrogens with one attached hydrogen (secondary N) is 1. The fourth-order valence-corrected chi connectivity index (χ4v) is 3.67. The molecular weight excluding hydrogens is 396 g/mol. The Bertz CT molecular complexity index is 1250. The minimum absolute atomic E-state index is 0.179. The number of hydrogen-bond donors (Lipinski definition) is 1. The van der Waals surface area contributed by atoms with Crippen molar-refractivity contribution in [1.29, 1.82) is 5.26 Å². The van der Waals surface area contributed by atoms with Gasteiger partial charge in [-0.1, -0.05) is 4.68 Å². The second-order valence-corrected chi connectivity index (χ2v) is 7.27. The Hall–Kier alpha value is -3.97. The summed E-state index contributed by atoms with van der Waals surface area (Å²) < 4.78 is 14.4. The van der Waals surface area contributed by atoms with Gasteiger partial charge in [-0.2, -0.15) is 10.4 Å². The van der Waals surface area contributed by atoms with E-state index < -0.39 is 0 Å². The van der Waals surface area contributed by atoms with Crippen molar-refractivity contribution in [2.24, 2.45) is 7.05 Å². The van der Waals surface area contributed by atoms with E-state index in [1.54, 1.807) is 28.6 Å². The average Bonchev–Trinajstić information content (AvgIpc) is 3.43. The lowest BCUT2D eigenvalue weighted by molar-refractivity contribution is -0.731. The maximum atomic E-state index is 9.55. The number of nitrogens with zero attached hydrogens (tertiary/aromatic N) is 7. The monoisotopic (exact) mass is 417 g/mol. The lowest BCUT2D eigenvalue weighted by Crippen LogP contribution is -2.43. The van der Waals surface area contributed by atoms with Crippen LogP contribution in [0.2, 0.25) is 0 Å². The fourth-order valence-electron chi connectivity index (χ4n) is 3.67. The van der Waals surface area contributed by atoms with Crippen molar-refractivity contribution in [3.8, 4) is 22.9 Å². The normalized spacial score (nSPS) is 14.0. The first-order valence-electron chi connectivity index (χ1n) is 9.98. The predicted octanol–water partition coefficient (Wildman–Crippen LogP) is 1.07. The summed E-state index contributed by atoms with van der Waals surface area (Å²) in [5.41, 5.74) is 2.92. The highest BCUT2D eigenvalue weighted by Crippen LogP contribution is 2.31. The van der Waals surface area contributed by atoms with Gasteiger partial charge in [0.05, 0.1) is 23.5 Å². The van der Waals surface area contributed by atoms with Crippen LogP contribution in [0.4, 0.5) is 5.82 Å². The number of rotatable bonds is 5. The molecule has 1 N–H and O–H groups in total. The summed E-state index contributed by atoms with van der Waals surface area (Å²) in [7, 11) is 1.78. The third-order valence-electron chi connectivity index (χ3n) is 5.18. The summed E-state index contributed by atoms with van der Waals surface area (Å²) >= 11 is 0. The number of aromatic nitrogens is 5. The smallest absolute Gasteiger partial charge is 0.361 e. The molecule has 0 atom stereocenters. The van der Waals surface area contributed by atoms with Crippen molar-refractivity contribution in [3.63, 3.8) is 0 Å². The van der Waals surface area contributed by atoms with E-state index in [-0.39, 0.29) is 6.61 Å². The molecule has 156 valence electrons. The van der Waals surface area contributed by atoms with Crippen molar-refractivity contribution in [2.75, 3.05) is 31.1 Å². The summed E-state index contributed by atoms with van der Waals surface area (Å²) in [6.07, 6.45) is 6.63. The third-order valence-corrected chi connectivity index (χ3v) is 5.18. The molecule has 0 saturated carbocycles. The molecule has 4 aromatic rings. The molecule has 0 spiro atoms. The molecule has 5 heterocycles. The molecule has 10 heteroatoms. The van der Waals surface area contributed by atoms with Gasteiger partial charge in [-0.25, -0.2) is 9.50 Å². The molecule has 0 aromatic carbocycles. The van der Waals surface area contributed by atoms with Crippen molar-refractivity contribution in [2.45, 2.75) is 6.61 Å². The summed E-state index contributed by atoms with van der Waals surface area (Å²) in [4.78, 5) is 6.92. The molecule has 0 unspecified atom stereocenters. The quantitative estimate of drug-likeness (QED) is 0.481. The first-order chi connectivity index (χ1) is 15.2. The van der Waals surface area contributed by atoms with Gasteiger partial charge in [0.15, 0.2) is 13.7 Å². The van der Waals surface area contributed by atoms with Crippen molar-refractivity contribution in [3.05, 3.63) is 54.6 Å². The summed E-state index contributed by atoms with van der Waals surface area (Å²) in [5.74, 6) is 1.99. The number of nitriles is 1. The van der Waals surface area contributed by atoms with Gasteiger partial charge >= 0.3 is 12.3 Å². The van der Waals surface area contributed by atoms with Crippen LogP contribution in [0.25, 0.3) is 16.6 Å². The molecule has 0 aliphatic carbocycles. The van der Waals surface area contributed by atoms with Crippen molar-refractivity contribution >= 4 is 11.3 Å². The zero-order chi connectivity index (χ0) is 21.2. The highest BCUT2D eigenvalue weighted by Gasteiger charge is 2.16. The first-order valence-corrected chi connectivity index (χ1v) is 9.98. The van der Waals surface area contributed by atoms with Crippen LogP contribution in [0.3, 0.4) is 0 Å². The van der Waals surface area contributed by atoms with Gasteiger partial charge in [-0.3, -0.25) is 0 Å². The molecule has 0 bridgehead atoms. The lowest BCUT2D eigenvalue weighted by atomic mass is 10.1. The minimum Gasteiger partial charge on any atom is -0.482 e. The number of anilines is 1. The van der Waals surface area contributed by atoms with Gasteiger partial charge in [0.2, 0.25) is 0 Å². The van der Waals surface area contributed by atoms with E-state index in [0.29, 0.717) is 22.7 Å². The highest BCUT2D eigenvalue weighted by atomic mass is 16.5. The molecule has 1 saturated heterocycles. The number of fused-ring (bicyclic) bond motifs is 1. The number of aryl methyl sites for hydroxylation is 1. The number of pyridine rings is 2. The van der Waals surface area contributed by atoms with E-state index in [1.807, 2.05) is 24.4 Å². The van der Waals surface area contributed by atoms with Crippen LogP contribution in [0.1, 0.15) is 11.5 Å². The van der Waals surface area contributed by atoms with E-state index in [2.05, 4.69) is 31.5 Å². The van der Waals surface area contributed by atoms with Crippen LogP contribution in [0, 0.1) is 11.3 Å². The fraction of sp³-hybridized carbons (Fsp3) is 0.286. The van der Waals surface area contributed by atoms with E-state index in [0.717, 1.165) is 43.1 Å². The predicted molar refractivity (Wildman–Crippen MR) is 110 cm³/mol. The first kappa shape index (κ1) is 19.0. The van der Waals surface area contributed by atoms with Crippen LogP contribution < -0.4 is 19.6 Å². The Kier molecular flexibility index (Phi) is 4.93. The highest BCUT2D eigenvalue weighted by molar-refractivity contribution is 5.85. The number of ether oxygens (including phenoxy) is 1. The second kappa shape index (κ2) is 8.04. The standard InChI is InChI=1S/C21H21N8O2/c1-27-14-31-20(26-27)13-30-17-8-18(21-16(9-22)11-25-29(21)12-17)15-2-3-19(24-10-15)28-6-4-23-5-7-28/h2-3,8,10-12,14,23H,4-7,13H2,1H3/q+1. The average molecular weight is 417 g/mol. The maximum absolute atomic E-state index is 9.55. The molecule has 1 aliphatic rings. The van der Waals surface area contributed by atoms with E-state index >= 15 is 0 Å². The van der Waals surface area contributed by atoms with Gasteiger partial charge in [0.25, 0.3) is 0 Å². The topological polar surface area (TPSA) is 108 Å². The van der Waals surface area contributed by atoms with Crippen molar-refractivity contribution in [1.82, 2.24) is 25.0 Å².